The molecule has 0 saturated carbocycles. The van der Waals surface area contributed by atoms with Crippen molar-refractivity contribution in [2.24, 2.45) is 4.99 Å². The molecule has 26 heavy (non-hydrogen) atoms. The Bertz CT molecular complexity index is 747. The summed E-state index contributed by atoms with van der Waals surface area (Å²) in [6, 6.07) is 6.67. The van der Waals surface area contributed by atoms with Crippen molar-refractivity contribution in [1.29, 1.82) is 0 Å². The number of aliphatic imine (C=N–C) groups is 1. The molecular weight excluding hydrogens is 326 g/mol. The van der Waals surface area contributed by atoms with Gasteiger partial charge in [-0.1, -0.05) is 6.07 Å². The molecule has 0 amide bonds. The second-order valence-electron chi connectivity index (χ2n) is 7.16. The number of guanidine groups is 1. The molecule has 1 N–H and O–H groups in total. The van der Waals surface area contributed by atoms with E-state index in [9.17, 15) is 0 Å². The van der Waals surface area contributed by atoms with Crippen molar-refractivity contribution in [2.45, 2.75) is 38.6 Å². The summed E-state index contributed by atoms with van der Waals surface area (Å²) < 4.78 is 2.04. The van der Waals surface area contributed by atoms with Crippen molar-refractivity contribution >= 4 is 11.6 Å². The van der Waals surface area contributed by atoms with E-state index < -0.39 is 0 Å². The number of aromatic nitrogens is 3. The number of nitrogens with zero attached hydrogens (tertiary/aromatic N) is 6. The Morgan fingerprint density at radius 1 is 1.23 bits per heavy atom. The number of likely N-dealkylation sites (tertiary alicyclic amines) is 2. The fourth-order valence-electron chi connectivity index (χ4n) is 4.09. The molecule has 2 saturated heterocycles. The molecule has 4 heterocycles. The second kappa shape index (κ2) is 8.03. The van der Waals surface area contributed by atoms with Crippen LogP contribution in [-0.4, -0.2) is 75.7 Å². The Kier molecular flexibility index (Phi) is 5.34. The van der Waals surface area contributed by atoms with Crippen molar-refractivity contribution in [3.05, 3.63) is 30.2 Å². The zero-order valence-electron chi connectivity index (χ0n) is 15.6. The van der Waals surface area contributed by atoms with Gasteiger partial charge in [-0.15, -0.1) is 10.2 Å². The minimum Gasteiger partial charge on any atom is -0.357 e. The highest BCUT2D eigenvalue weighted by Crippen LogP contribution is 2.20. The predicted molar refractivity (Wildman–Crippen MR) is 103 cm³/mol. The summed E-state index contributed by atoms with van der Waals surface area (Å²) in [5, 5.41) is 12.0. The molecule has 0 spiro atoms. The van der Waals surface area contributed by atoms with Crippen molar-refractivity contribution in [3.63, 3.8) is 0 Å². The highest BCUT2D eigenvalue weighted by atomic mass is 15.3. The fourth-order valence-corrected chi connectivity index (χ4v) is 4.09. The van der Waals surface area contributed by atoms with Gasteiger partial charge in [0.1, 0.15) is 5.82 Å². The highest BCUT2D eigenvalue weighted by Gasteiger charge is 2.30. The van der Waals surface area contributed by atoms with Crippen molar-refractivity contribution < 1.29 is 0 Å². The van der Waals surface area contributed by atoms with E-state index >= 15 is 0 Å². The average Bonchev–Trinajstić information content (AvgIpc) is 3.41. The van der Waals surface area contributed by atoms with Crippen LogP contribution in [0.1, 0.15) is 32.0 Å². The van der Waals surface area contributed by atoms with Crippen molar-refractivity contribution in [1.82, 2.24) is 29.7 Å². The van der Waals surface area contributed by atoms with Crippen LogP contribution in [0.5, 0.6) is 0 Å². The van der Waals surface area contributed by atoms with E-state index in [-0.39, 0.29) is 0 Å². The van der Waals surface area contributed by atoms with Gasteiger partial charge in [-0.3, -0.25) is 14.3 Å². The molecule has 0 radical (unpaired) electrons. The number of hydrogen-bond acceptors (Lipinski definition) is 4. The number of hydrogen-bond donors (Lipinski definition) is 1. The van der Waals surface area contributed by atoms with Crippen molar-refractivity contribution in [2.75, 3.05) is 39.3 Å². The van der Waals surface area contributed by atoms with Crippen LogP contribution in [0.4, 0.5) is 0 Å². The third-order valence-corrected chi connectivity index (χ3v) is 5.44. The lowest BCUT2D eigenvalue weighted by Crippen LogP contribution is -2.42. The van der Waals surface area contributed by atoms with Gasteiger partial charge in [0.15, 0.2) is 11.6 Å². The van der Waals surface area contributed by atoms with Gasteiger partial charge in [0.2, 0.25) is 0 Å². The standard InChI is InChI=1S/C19H29N7/c1-2-20-19(25-14-9-16(15-25)24-11-5-6-12-24)21-10-8-18-23-22-17-7-3-4-13-26(17)18/h3-4,7,13,16H,2,5-6,8-12,14-15H2,1H3,(H,20,21). The van der Waals surface area contributed by atoms with E-state index in [0.717, 1.165) is 50.0 Å². The lowest BCUT2D eigenvalue weighted by Gasteiger charge is -2.25. The fraction of sp³-hybridized carbons (Fsp3) is 0.632. The monoisotopic (exact) mass is 355 g/mol. The molecular formula is C19H29N7. The maximum atomic E-state index is 4.87. The third kappa shape index (κ3) is 3.67. The van der Waals surface area contributed by atoms with E-state index in [4.69, 9.17) is 4.99 Å². The summed E-state index contributed by atoms with van der Waals surface area (Å²) in [5.41, 5.74) is 0.895. The molecule has 1 unspecified atom stereocenters. The molecule has 2 aliphatic heterocycles. The van der Waals surface area contributed by atoms with E-state index in [2.05, 4.69) is 32.2 Å². The lowest BCUT2D eigenvalue weighted by molar-refractivity contribution is 0.249. The molecule has 140 valence electrons. The summed E-state index contributed by atoms with van der Waals surface area (Å²) in [4.78, 5) is 9.95. The largest absolute Gasteiger partial charge is 0.357 e. The first-order valence-corrected chi connectivity index (χ1v) is 9.91. The maximum absolute atomic E-state index is 4.87. The van der Waals surface area contributed by atoms with E-state index in [1.54, 1.807) is 0 Å². The topological polar surface area (TPSA) is 61.1 Å². The number of nitrogens with one attached hydrogen (secondary N) is 1. The molecule has 0 bridgehead atoms. The normalized spacial score (nSPS) is 21.8. The van der Waals surface area contributed by atoms with Gasteiger partial charge in [-0.25, -0.2) is 0 Å². The smallest absolute Gasteiger partial charge is 0.193 e. The van der Waals surface area contributed by atoms with Crippen LogP contribution >= 0.6 is 0 Å². The molecule has 0 aromatic carbocycles. The maximum Gasteiger partial charge on any atom is 0.193 e. The highest BCUT2D eigenvalue weighted by molar-refractivity contribution is 5.80. The average molecular weight is 355 g/mol. The Labute approximate surface area is 155 Å². The number of fused-ring (bicyclic) bond motifs is 1. The summed E-state index contributed by atoms with van der Waals surface area (Å²) in [6.07, 6.45) is 6.78. The van der Waals surface area contributed by atoms with Crippen LogP contribution in [0.2, 0.25) is 0 Å². The molecule has 4 rings (SSSR count). The third-order valence-electron chi connectivity index (χ3n) is 5.44. The van der Waals surface area contributed by atoms with E-state index in [1.807, 2.05) is 28.8 Å². The summed E-state index contributed by atoms with van der Waals surface area (Å²) in [6.45, 7) is 8.49. The van der Waals surface area contributed by atoms with Gasteiger partial charge in [-0.2, -0.15) is 0 Å². The van der Waals surface area contributed by atoms with E-state index in [1.165, 1.54) is 32.4 Å². The van der Waals surface area contributed by atoms with Crippen LogP contribution < -0.4 is 5.32 Å². The van der Waals surface area contributed by atoms with Crippen LogP contribution in [0, 0.1) is 0 Å². The zero-order valence-corrected chi connectivity index (χ0v) is 15.6. The Hall–Kier alpha value is -2.15. The van der Waals surface area contributed by atoms with Crippen LogP contribution in [-0.2, 0) is 6.42 Å². The van der Waals surface area contributed by atoms with Gasteiger partial charge >= 0.3 is 0 Å². The number of pyridine rings is 1. The molecule has 2 aromatic rings. The van der Waals surface area contributed by atoms with Gasteiger partial charge in [0, 0.05) is 44.8 Å². The second-order valence-corrected chi connectivity index (χ2v) is 7.16. The minimum atomic E-state index is 0.696. The quantitative estimate of drug-likeness (QED) is 0.649. The molecule has 2 aliphatic rings. The Morgan fingerprint density at radius 2 is 2.12 bits per heavy atom. The van der Waals surface area contributed by atoms with Crippen LogP contribution in [0.25, 0.3) is 5.65 Å². The molecule has 2 fully saturated rings. The summed E-state index contributed by atoms with van der Waals surface area (Å²) >= 11 is 0. The first kappa shape index (κ1) is 17.3. The summed E-state index contributed by atoms with van der Waals surface area (Å²) in [7, 11) is 0. The van der Waals surface area contributed by atoms with Gasteiger partial charge in [-0.05, 0) is 51.4 Å². The molecule has 7 heteroatoms. The molecule has 7 nitrogen and oxygen atoms in total. The zero-order chi connectivity index (χ0) is 17.8. The predicted octanol–water partition coefficient (Wildman–Crippen LogP) is 1.41. The van der Waals surface area contributed by atoms with Crippen LogP contribution in [0.15, 0.2) is 29.4 Å². The first-order chi connectivity index (χ1) is 12.8. The van der Waals surface area contributed by atoms with Gasteiger partial charge in [0.25, 0.3) is 0 Å². The van der Waals surface area contributed by atoms with Gasteiger partial charge in [0.05, 0.1) is 0 Å². The van der Waals surface area contributed by atoms with Gasteiger partial charge < -0.3 is 10.2 Å². The molecule has 1 atom stereocenters. The van der Waals surface area contributed by atoms with Crippen LogP contribution in [0.3, 0.4) is 0 Å². The molecule has 0 aliphatic carbocycles. The Balaban J connectivity index is 1.38. The van der Waals surface area contributed by atoms with Crippen molar-refractivity contribution in [3.8, 4) is 0 Å². The first-order valence-electron chi connectivity index (χ1n) is 9.91. The summed E-state index contributed by atoms with van der Waals surface area (Å²) in [5.74, 6) is 2.01. The lowest BCUT2D eigenvalue weighted by atomic mass is 10.2. The SMILES string of the molecule is CCNC(=NCCc1nnc2ccccn12)N1CCC(N2CCCC2)C1. The minimum absolute atomic E-state index is 0.696. The Morgan fingerprint density at radius 3 is 2.96 bits per heavy atom. The number of rotatable bonds is 5. The van der Waals surface area contributed by atoms with E-state index in [0.29, 0.717) is 6.04 Å². The molecule has 2 aromatic heterocycles.